The van der Waals surface area contributed by atoms with E-state index in [1.807, 2.05) is 12.3 Å². The monoisotopic (exact) mass is 342 g/mol. The standard InChI is InChI=1S/C13H18N4O3S2/c1-3-22(18,19)17-4-11-12(5-17)15-16-13(11)7-20-6-10-8-21-9(2)14-10/h8H,3-7H2,1-2H3,(H,15,16). The zero-order chi connectivity index (χ0) is 15.7. The molecule has 1 aliphatic heterocycles. The molecule has 0 aliphatic carbocycles. The largest absolute Gasteiger partial charge is 0.369 e. The smallest absolute Gasteiger partial charge is 0.214 e. The highest BCUT2D eigenvalue weighted by molar-refractivity contribution is 7.89. The van der Waals surface area contributed by atoms with Crippen molar-refractivity contribution in [1.29, 1.82) is 0 Å². The van der Waals surface area contributed by atoms with E-state index in [4.69, 9.17) is 4.74 Å². The topological polar surface area (TPSA) is 88.2 Å². The number of sulfonamides is 1. The fraction of sp³-hybridized carbons (Fsp3) is 0.538. The molecule has 0 fully saturated rings. The molecule has 3 rings (SSSR count). The summed E-state index contributed by atoms with van der Waals surface area (Å²) in [7, 11) is -3.18. The molecule has 0 amide bonds. The molecule has 0 saturated heterocycles. The van der Waals surface area contributed by atoms with Crippen LogP contribution in [0.15, 0.2) is 5.38 Å². The Kier molecular flexibility index (Phi) is 4.31. The molecule has 0 aromatic carbocycles. The highest BCUT2D eigenvalue weighted by Gasteiger charge is 2.31. The first kappa shape index (κ1) is 15.6. The fourth-order valence-corrected chi connectivity index (χ4v) is 4.01. The first-order valence-electron chi connectivity index (χ1n) is 7.01. The lowest BCUT2D eigenvalue weighted by Crippen LogP contribution is -2.27. The Morgan fingerprint density at radius 3 is 2.91 bits per heavy atom. The minimum atomic E-state index is -3.18. The number of aromatic nitrogens is 3. The van der Waals surface area contributed by atoms with E-state index in [0.29, 0.717) is 26.3 Å². The molecule has 120 valence electrons. The zero-order valence-electron chi connectivity index (χ0n) is 12.5. The molecule has 0 spiro atoms. The molecule has 3 heterocycles. The summed E-state index contributed by atoms with van der Waals surface area (Å²) in [6, 6.07) is 0. The second-order valence-corrected chi connectivity index (χ2v) is 8.47. The summed E-state index contributed by atoms with van der Waals surface area (Å²) >= 11 is 1.59. The third-order valence-corrected chi connectivity index (χ3v) is 6.22. The number of nitrogens with zero attached hydrogens (tertiary/aromatic N) is 3. The number of nitrogens with one attached hydrogen (secondary N) is 1. The van der Waals surface area contributed by atoms with E-state index in [1.165, 1.54) is 4.31 Å². The Morgan fingerprint density at radius 1 is 1.41 bits per heavy atom. The van der Waals surface area contributed by atoms with Gasteiger partial charge in [-0.15, -0.1) is 11.3 Å². The Morgan fingerprint density at radius 2 is 2.23 bits per heavy atom. The van der Waals surface area contributed by atoms with E-state index < -0.39 is 10.0 Å². The molecular weight excluding hydrogens is 324 g/mol. The number of thiazole rings is 1. The number of hydrogen-bond acceptors (Lipinski definition) is 6. The van der Waals surface area contributed by atoms with Gasteiger partial charge in [-0.1, -0.05) is 0 Å². The van der Waals surface area contributed by atoms with Crippen molar-refractivity contribution in [2.24, 2.45) is 0 Å². The lowest BCUT2D eigenvalue weighted by molar-refractivity contribution is 0.101. The zero-order valence-corrected chi connectivity index (χ0v) is 14.1. The highest BCUT2D eigenvalue weighted by Crippen LogP contribution is 2.26. The van der Waals surface area contributed by atoms with Gasteiger partial charge in [0.05, 0.1) is 47.6 Å². The lowest BCUT2D eigenvalue weighted by atomic mass is 10.2. The van der Waals surface area contributed by atoms with Crippen molar-refractivity contribution in [2.75, 3.05) is 5.75 Å². The number of fused-ring (bicyclic) bond motifs is 1. The Bertz CT molecular complexity index is 766. The lowest BCUT2D eigenvalue weighted by Gasteiger charge is -2.14. The van der Waals surface area contributed by atoms with Crippen LogP contribution in [0.3, 0.4) is 0 Å². The summed E-state index contributed by atoms with van der Waals surface area (Å²) in [4.78, 5) is 4.34. The maximum atomic E-state index is 11.9. The molecule has 0 saturated carbocycles. The number of aromatic amines is 1. The molecule has 9 heteroatoms. The van der Waals surface area contributed by atoms with Gasteiger partial charge in [0.2, 0.25) is 10.0 Å². The van der Waals surface area contributed by atoms with Crippen molar-refractivity contribution in [3.63, 3.8) is 0 Å². The van der Waals surface area contributed by atoms with Crippen LogP contribution < -0.4 is 0 Å². The van der Waals surface area contributed by atoms with Crippen molar-refractivity contribution in [3.05, 3.63) is 33.0 Å². The van der Waals surface area contributed by atoms with E-state index in [2.05, 4.69) is 15.2 Å². The van der Waals surface area contributed by atoms with E-state index in [-0.39, 0.29) is 5.75 Å². The molecule has 0 atom stereocenters. The van der Waals surface area contributed by atoms with Crippen LogP contribution in [-0.4, -0.2) is 33.7 Å². The van der Waals surface area contributed by atoms with Gasteiger partial charge in [0.15, 0.2) is 0 Å². The van der Waals surface area contributed by atoms with Crippen LogP contribution in [0.1, 0.15) is 34.6 Å². The Balaban J connectivity index is 1.62. The summed E-state index contributed by atoms with van der Waals surface area (Å²) in [5, 5.41) is 10.1. The van der Waals surface area contributed by atoms with Crippen LogP contribution in [-0.2, 0) is 41.1 Å². The van der Waals surface area contributed by atoms with E-state index in [9.17, 15) is 8.42 Å². The maximum Gasteiger partial charge on any atom is 0.214 e. The second kappa shape index (κ2) is 6.07. The van der Waals surface area contributed by atoms with Gasteiger partial charge < -0.3 is 4.74 Å². The average Bonchev–Trinajstić information content (AvgIpc) is 3.16. The van der Waals surface area contributed by atoms with E-state index >= 15 is 0 Å². The fourth-order valence-electron chi connectivity index (χ4n) is 2.40. The summed E-state index contributed by atoms with van der Waals surface area (Å²) < 4.78 is 31.0. The number of rotatable bonds is 6. The van der Waals surface area contributed by atoms with Crippen molar-refractivity contribution < 1.29 is 13.2 Å². The van der Waals surface area contributed by atoms with Gasteiger partial charge in [0.25, 0.3) is 0 Å². The molecule has 2 aromatic heterocycles. The van der Waals surface area contributed by atoms with Gasteiger partial charge in [-0.25, -0.2) is 13.4 Å². The molecule has 0 radical (unpaired) electrons. The van der Waals surface area contributed by atoms with Gasteiger partial charge in [-0.05, 0) is 13.8 Å². The predicted molar refractivity (Wildman–Crippen MR) is 82.6 cm³/mol. The van der Waals surface area contributed by atoms with E-state index in [1.54, 1.807) is 18.3 Å². The number of aryl methyl sites for hydroxylation is 1. The van der Waals surface area contributed by atoms with Crippen molar-refractivity contribution in [3.8, 4) is 0 Å². The number of ether oxygens (including phenoxy) is 1. The van der Waals surface area contributed by atoms with Gasteiger partial charge in [-0.3, -0.25) is 5.10 Å². The Labute approximate surface area is 133 Å². The summed E-state index contributed by atoms with van der Waals surface area (Å²) in [6.07, 6.45) is 0. The predicted octanol–water partition coefficient (Wildman–Crippen LogP) is 1.56. The van der Waals surface area contributed by atoms with Crippen LogP contribution in [0, 0.1) is 6.92 Å². The summed E-state index contributed by atoms with van der Waals surface area (Å²) in [5.74, 6) is 0.111. The third kappa shape index (κ3) is 3.07. The van der Waals surface area contributed by atoms with Crippen LogP contribution >= 0.6 is 11.3 Å². The third-order valence-electron chi connectivity index (χ3n) is 3.62. The first-order chi connectivity index (χ1) is 10.5. The highest BCUT2D eigenvalue weighted by atomic mass is 32.2. The van der Waals surface area contributed by atoms with Crippen LogP contribution in [0.4, 0.5) is 0 Å². The van der Waals surface area contributed by atoms with Crippen molar-refractivity contribution in [2.45, 2.75) is 40.2 Å². The van der Waals surface area contributed by atoms with E-state index in [0.717, 1.165) is 27.7 Å². The first-order valence-corrected chi connectivity index (χ1v) is 9.50. The maximum absolute atomic E-state index is 11.9. The van der Waals surface area contributed by atoms with Crippen LogP contribution in [0.5, 0.6) is 0 Å². The molecule has 1 aliphatic rings. The van der Waals surface area contributed by atoms with Gasteiger partial charge >= 0.3 is 0 Å². The minimum Gasteiger partial charge on any atom is -0.369 e. The van der Waals surface area contributed by atoms with Gasteiger partial charge in [0.1, 0.15) is 0 Å². The number of hydrogen-bond donors (Lipinski definition) is 1. The molecule has 22 heavy (non-hydrogen) atoms. The van der Waals surface area contributed by atoms with Gasteiger partial charge in [-0.2, -0.15) is 9.40 Å². The molecule has 2 aromatic rings. The summed E-state index contributed by atoms with van der Waals surface area (Å²) in [5.41, 5.74) is 3.48. The molecule has 0 unspecified atom stereocenters. The quantitative estimate of drug-likeness (QED) is 0.860. The summed E-state index contributed by atoms with van der Waals surface area (Å²) in [6.45, 7) is 5.13. The van der Waals surface area contributed by atoms with Crippen molar-refractivity contribution in [1.82, 2.24) is 19.5 Å². The Hall–Kier alpha value is -1.29. The second-order valence-electron chi connectivity index (χ2n) is 5.15. The van der Waals surface area contributed by atoms with Gasteiger partial charge in [0, 0.05) is 17.5 Å². The van der Waals surface area contributed by atoms with Crippen LogP contribution in [0.25, 0.3) is 0 Å². The number of H-pyrrole nitrogens is 1. The molecule has 7 nitrogen and oxygen atoms in total. The molecule has 0 bridgehead atoms. The minimum absolute atomic E-state index is 0.111. The molecular formula is C13H18N4O3S2. The van der Waals surface area contributed by atoms with Crippen molar-refractivity contribution >= 4 is 21.4 Å². The van der Waals surface area contributed by atoms with Crippen LogP contribution in [0.2, 0.25) is 0 Å². The average molecular weight is 342 g/mol. The normalized spacial score (nSPS) is 15.4. The SMILES string of the molecule is CCS(=O)(=O)N1Cc2[nH]nc(COCc3csc(C)n3)c2C1. The molecule has 1 N–H and O–H groups in total.